The fraction of sp³-hybridized carbons (Fsp3) is 0.105. The Morgan fingerprint density at radius 3 is 2.57 bits per heavy atom. The highest BCUT2D eigenvalue weighted by atomic mass is 19.1. The summed E-state index contributed by atoms with van der Waals surface area (Å²) in [5.74, 6) is 0.0119. The monoisotopic (exact) mass is 375 g/mol. The minimum absolute atomic E-state index is 0.321. The molecule has 0 bridgehead atoms. The van der Waals surface area contributed by atoms with Crippen molar-refractivity contribution >= 4 is 11.6 Å². The zero-order chi connectivity index (χ0) is 19.3. The first-order valence-corrected chi connectivity index (χ1v) is 8.62. The number of nitrogens with one attached hydrogen (secondary N) is 2. The van der Waals surface area contributed by atoms with Gasteiger partial charge in [0.2, 0.25) is 5.95 Å². The molecule has 5 rings (SSSR count). The van der Waals surface area contributed by atoms with E-state index in [9.17, 15) is 9.18 Å². The predicted octanol–water partition coefficient (Wildman–Crippen LogP) is 2.57. The van der Waals surface area contributed by atoms with Crippen LogP contribution in [0, 0.1) is 12.7 Å². The minimum atomic E-state index is -0.461. The van der Waals surface area contributed by atoms with Crippen molar-refractivity contribution in [3.63, 3.8) is 0 Å². The van der Waals surface area contributed by atoms with Crippen LogP contribution in [0.15, 0.2) is 53.3 Å². The van der Waals surface area contributed by atoms with Gasteiger partial charge in [-0.25, -0.2) is 9.49 Å². The first kappa shape index (κ1) is 16.3. The molecule has 3 heterocycles. The summed E-state index contributed by atoms with van der Waals surface area (Å²) in [5, 5.41) is 21.6. The number of tetrazole rings is 1. The normalized spacial score (nSPS) is 14.9. The molecule has 0 saturated heterocycles. The van der Waals surface area contributed by atoms with Crippen molar-refractivity contribution in [3.05, 3.63) is 81.4 Å². The van der Waals surface area contributed by atoms with Crippen LogP contribution < -0.4 is 10.9 Å². The van der Waals surface area contributed by atoms with Crippen LogP contribution in [0.4, 0.5) is 16.0 Å². The van der Waals surface area contributed by atoms with Crippen LogP contribution in [-0.4, -0.2) is 30.4 Å². The molecule has 0 unspecified atom stereocenters. The van der Waals surface area contributed by atoms with Crippen molar-refractivity contribution in [2.45, 2.75) is 13.0 Å². The molecule has 0 spiro atoms. The van der Waals surface area contributed by atoms with Gasteiger partial charge in [0.05, 0.1) is 5.69 Å². The number of aryl methyl sites for hydroxylation is 1. The van der Waals surface area contributed by atoms with Crippen LogP contribution in [0.5, 0.6) is 0 Å². The number of nitrogens with zero attached hydrogens (tertiary/aromatic N) is 5. The molecule has 138 valence electrons. The summed E-state index contributed by atoms with van der Waals surface area (Å²) in [6.07, 6.45) is 0. The van der Waals surface area contributed by atoms with E-state index >= 15 is 0 Å². The van der Waals surface area contributed by atoms with Gasteiger partial charge in [0, 0.05) is 11.1 Å². The first-order chi connectivity index (χ1) is 13.6. The summed E-state index contributed by atoms with van der Waals surface area (Å²) >= 11 is 0. The number of fused-ring (bicyclic) bond motifs is 2. The fourth-order valence-electron chi connectivity index (χ4n) is 3.42. The fourth-order valence-corrected chi connectivity index (χ4v) is 3.42. The second-order valence-corrected chi connectivity index (χ2v) is 6.58. The minimum Gasteiger partial charge on any atom is -0.318 e. The van der Waals surface area contributed by atoms with E-state index in [1.807, 2.05) is 31.2 Å². The molecule has 2 aromatic carbocycles. The first-order valence-electron chi connectivity index (χ1n) is 8.62. The van der Waals surface area contributed by atoms with Crippen LogP contribution in [0.2, 0.25) is 0 Å². The number of aromatic amines is 1. The smallest absolute Gasteiger partial charge is 0.288 e. The second kappa shape index (κ2) is 6.08. The van der Waals surface area contributed by atoms with Gasteiger partial charge in [-0.3, -0.25) is 4.79 Å². The molecular weight excluding hydrogens is 361 g/mol. The highest BCUT2D eigenvalue weighted by Gasteiger charge is 2.34. The van der Waals surface area contributed by atoms with Crippen LogP contribution in [0.1, 0.15) is 22.7 Å². The van der Waals surface area contributed by atoms with Gasteiger partial charge in [-0.15, -0.1) is 0 Å². The molecule has 1 aliphatic heterocycles. The van der Waals surface area contributed by atoms with Gasteiger partial charge in [0.25, 0.3) is 5.56 Å². The van der Waals surface area contributed by atoms with E-state index in [4.69, 9.17) is 0 Å². The predicted molar refractivity (Wildman–Crippen MR) is 99.8 cm³/mol. The second-order valence-electron chi connectivity index (χ2n) is 6.58. The molecule has 2 N–H and O–H groups in total. The maximum atomic E-state index is 13.4. The summed E-state index contributed by atoms with van der Waals surface area (Å²) in [6, 6.07) is 13.4. The average Bonchev–Trinajstić information content (AvgIpc) is 3.17. The standard InChI is InChI=1S/C19H14FN7O/c1-10-2-4-12(5-3-10)17-14-15(11-6-8-13(20)9-7-11)22-23-18(28)16(14)21-19-24-25-26-27(17)19/h2-9,17H,1H3,(H,23,28)(H,21,24,26)/t17-/m1/s1. The van der Waals surface area contributed by atoms with Crippen LogP contribution in [-0.2, 0) is 0 Å². The maximum Gasteiger partial charge on any atom is 0.288 e. The van der Waals surface area contributed by atoms with Gasteiger partial charge < -0.3 is 5.32 Å². The molecule has 0 saturated carbocycles. The van der Waals surface area contributed by atoms with Gasteiger partial charge >= 0.3 is 0 Å². The molecule has 1 atom stereocenters. The Labute approximate surface area is 158 Å². The number of halogens is 1. The summed E-state index contributed by atoms with van der Waals surface area (Å²) in [7, 11) is 0. The molecule has 2 aromatic heterocycles. The molecule has 28 heavy (non-hydrogen) atoms. The lowest BCUT2D eigenvalue weighted by Gasteiger charge is -2.27. The van der Waals surface area contributed by atoms with E-state index in [1.165, 1.54) is 12.1 Å². The van der Waals surface area contributed by atoms with E-state index in [-0.39, 0.29) is 11.4 Å². The van der Waals surface area contributed by atoms with Crippen LogP contribution in [0.25, 0.3) is 11.3 Å². The Morgan fingerprint density at radius 2 is 1.82 bits per heavy atom. The number of benzene rings is 2. The Kier molecular flexibility index (Phi) is 3.54. The van der Waals surface area contributed by atoms with Crippen LogP contribution in [0.3, 0.4) is 0 Å². The Hall–Kier alpha value is -3.88. The Bertz CT molecular complexity index is 1230. The van der Waals surface area contributed by atoms with Gasteiger partial charge in [0.1, 0.15) is 17.5 Å². The van der Waals surface area contributed by atoms with Crippen molar-refractivity contribution in [1.82, 2.24) is 30.4 Å². The van der Waals surface area contributed by atoms with Crippen molar-refractivity contribution in [2.75, 3.05) is 5.32 Å². The van der Waals surface area contributed by atoms with Gasteiger partial charge in [-0.05, 0) is 47.2 Å². The third kappa shape index (κ3) is 2.48. The topological polar surface area (TPSA) is 101 Å². The average molecular weight is 375 g/mol. The molecule has 0 radical (unpaired) electrons. The molecular formula is C19H14FN7O. The number of aromatic nitrogens is 6. The van der Waals surface area contributed by atoms with Gasteiger partial charge in [0.15, 0.2) is 0 Å². The van der Waals surface area contributed by atoms with Crippen LogP contribution >= 0.6 is 0 Å². The number of hydrogen-bond acceptors (Lipinski definition) is 6. The molecule has 9 heteroatoms. The van der Waals surface area contributed by atoms with E-state index in [0.29, 0.717) is 28.5 Å². The largest absolute Gasteiger partial charge is 0.318 e. The SMILES string of the molecule is Cc1ccc([C@@H]2c3c(-c4ccc(F)cc4)n[nH]c(=O)c3Nc3nnnn32)cc1. The highest BCUT2D eigenvalue weighted by Crippen LogP contribution is 2.40. The summed E-state index contributed by atoms with van der Waals surface area (Å²) in [5.41, 5.74) is 3.77. The van der Waals surface area contributed by atoms with Gasteiger partial charge in [-0.2, -0.15) is 9.78 Å². The van der Waals surface area contributed by atoms with Gasteiger partial charge in [-0.1, -0.05) is 34.9 Å². The highest BCUT2D eigenvalue weighted by molar-refractivity contribution is 5.75. The lowest BCUT2D eigenvalue weighted by atomic mass is 9.92. The number of H-pyrrole nitrogens is 1. The Morgan fingerprint density at radius 1 is 1.07 bits per heavy atom. The quantitative estimate of drug-likeness (QED) is 0.492. The van der Waals surface area contributed by atoms with E-state index in [2.05, 4.69) is 31.0 Å². The third-order valence-corrected chi connectivity index (χ3v) is 4.78. The molecule has 0 fully saturated rings. The van der Waals surface area contributed by atoms with Crippen molar-refractivity contribution in [2.24, 2.45) is 0 Å². The van der Waals surface area contributed by atoms with E-state index < -0.39 is 6.04 Å². The molecule has 4 aromatic rings. The molecule has 0 aliphatic carbocycles. The number of anilines is 2. The molecule has 8 nitrogen and oxygen atoms in total. The third-order valence-electron chi connectivity index (χ3n) is 4.78. The van der Waals surface area contributed by atoms with Crippen molar-refractivity contribution in [1.29, 1.82) is 0 Å². The molecule has 1 aliphatic rings. The van der Waals surface area contributed by atoms with Crippen molar-refractivity contribution in [3.8, 4) is 11.3 Å². The summed E-state index contributed by atoms with van der Waals surface area (Å²) < 4.78 is 15.0. The zero-order valence-electron chi connectivity index (χ0n) is 14.7. The zero-order valence-corrected chi connectivity index (χ0v) is 14.7. The number of rotatable bonds is 2. The number of hydrogen-bond donors (Lipinski definition) is 2. The van der Waals surface area contributed by atoms with Crippen molar-refractivity contribution < 1.29 is 4.39 Å². The Balaban J connectivity index is 1.81. The lowest BCUT2D eigenvalue weighted by Crippen LogP contribution is -2.29. The molecule has 0 amide bonds. The van der Waals surface area contributed by atoms with E-state index in [0.717, 1.165) is 11.1 Å². The summed E-state index contributed by atoms with van der Waals surface area (Å²) in [4.78, 5) is 12.5. The lowest BCUT2D eigenvalue weighted by molar-refractivity contribution is 0.567. The van der Waals surface area contributed by atoms with E-state index in [1.54, 1.807) is 16.8 Å². The maximum absolute atomic E-state index is 13.4. The summed E-state index contributed by atoms with van der Waals surface area (Å²) in [6.45, 7) is 2.00.